The third-order valence-electron chi connectivity index (χ3n) is 2.71. The molecule has 0 saturated heterocycles. The Kier molecular flexibility index (Phi) is 4.87. The number of alkyl halides is 2. The average Bonchev–Trinajstić information content (AvgIpc) is 2.27. The molecule has 2 aromatic carbocycles. The molecule has 3 N–H and O–H groups in total. The molecule has 2 nitrogen and oxygen atoms in total. The Morgan fingerprint density at radius 2 is 1.67 bits per heavy atom. The molecular formula is C13H14ClF2NO. The van der Waals surface area contributed by atoms with E-state index in [0.29, 0.717) is 5.56 Å². The highest BCUT2D eigenvalue weighted by molar-refractivity contribution is 5.85. The van der Waals surface area contributed by atoms with Crippen LogP contribution in [0.25, 0.3) is 10.8 Å². The molecule has 98 valence electrons. The van der Waals surface area contributed by atoms with Crippen molar-refractivity contribution in [3.8, 4) is 5.75 Å². The van der Waals surface area contributed by atoms with Crippen LogP contribution in [0.3, 0.4) is 0 Å². The van der Waals surface area contributed by atoms with E-state index < -0.39 is 12.5 Å². The fourth-order valence-electron chi connectivity index (χ4n) is 1.81. The Morgan fingerprint density at radius 3 is 2.33 bits per heavy atom. The Morgan fingerprint density at radius 1 is 1.06 bits per heavy atom. The van der Waals surface area contributed by atoms with Crippen LogP contribution in [0.5, 0.6) is 5.75 Å². The van der Waals surface area contributed by atoms with Gasteiger partial charge in [-0.25, -0.2) is 8.78 Å². The summed E-state index contributed by atoms with van der Waals surface area (Å²) in [6.07, 6.45) is -2.75. The summed E-state index contributed by atoms with van der Waals surface area (Å²) in [6, 6.07) is 9.53. The van der Waals surface area contributed by atoms with Gasteiger partial charge in [0, 0.05) is 12.5 Å². The summed E-state index contributed by atoms with van der Waals surface area (Å²) < 4.78 is 24.4. The van der Waals surface area contributed by atoms with Crippen LogP contribution in [0.1, 0.15) is 18.0 Å². The van der Waals surface area contributed by atoms with E-state index in [-0.39, 0.29) is 24.6 Å². The zero-order valence-corrected chi connectivity index (χ0v) is 10.3. The molecule has 0 heterocycles. The number of benzene rings is 2. The largest absolute Gasteiger partial charge is 0.508 e. The van der Waals surface area contributed by atoms with Crippen molar-refractivity contribution in [1.82, 2.24) is 0 Å². The minimum absolute atomic E-state index is 0. The van der Waals surface area contributed by atoms with Crippen molar-refractivity contribution in [3.05, 3.63) is 42.0 Å². The van der Waals surface area contributed by atoms with Crippen molar-refractivity contribution in [2.45, 2.75) is 18.9 Å². The molecule has 0 aliphatic heterocycles. The predicted octanol–water partition coefficient (Wildman–Crippen LogP) is 3.62. The van der Waals surface area contributed by atoms with Gasteiger partial charge in [0.2, 0.25) is 6.43 Å². The number of hydrogen-bond acceptors (Lipinski definition) is 2. The number of rotatable bonds is 3. The van der Waals surface area contributed by atoms with Gasteiger partial charge in [0.1, 0.15) is 5.75 Å². The maximum Gasteiger partial charge on any atom is 0.240 e. The van der Waals surface area contributed by atoms with Crippen LogP contribution < -0.4 is 5.73 Å². The van der Waals surface area contributed by atoms with Crippen LogP contribution in [0, 0.1) is 0 Å². The van der Waals surface area contributed by atoms with E-state index in [2.05, 4.69) is 0 Å². The summed E-state index contributed by atoms with van der Waals surface area (Å²) in [5.74, 6) is 0.183. The van der Waals surface area contributed by atoms with Gasteiger partial charge in [-0.3, -0.25) is 0 Å². The standard InChI is InChI=1S/C13H13F2NO.ClH/c14-13(15)7-12(16)10-2-1-9-6-11(17)4-3-8(9)5-10;/h1-6,12-13,17H,7,16H2;1H/t12-;/m1./s1. The van der Waals surface area contributed by atoms with Crippen LogP contribution >= 0.6 is 12.4 Å². The second-order valence-electron chi connectivity index (χ2n) is 4.02. The molecule has 0 amide bonds. The van der Waals surface area contributed by atoms with Crippen molar-refractivity contribution < 1.29 is 13.9 Å². The number of hydrogen-bond donors (Lipinski definition) is 2. The summed E-state index contributed by atoms with van der Waals surface area (Å²) in [5.41, 5.74) is 6.37. The maximum atomic E-state index is 12.2. The molecule has 0 radical (unpaired) electrons. The predicted molar refractivity (Wildman–Crippen MR) is 70.4 cm³/mol. The lowest BCUT2D eigenvalue weighted by atomic mass is 10.0. The fraction of sp³-hybridized carbons (Fsp3) is 0.231. The lowest BCUT2D eigenvalue weighted by Crippen LogP contribution is -2.13. The van der Waals surface area contributed by atoms with Gasteiger partial charge >= 0.3 is 0 Å². The highest BCUT2D eigenvalue weighted by Crippen LogP contribution is 2.25. The van der Waals surface area contributed by atoms with Gasteiger partial charge in [-0.15, -0.1) is 12.4 Å². The summed E-state index contributed by atoms with van der Waals surface area (Å²) >= 11 is 0. The van der Waals surface area contributed by atoms with Crippen LogP contribution in [-0.4, -0.2) is 11.5 Å². The first-order chi connectivity index (χ1) is 8.06. The van der Waals surface area contributed by atoms with E-state index >= 15 is 0 Å². The van der Waals surface area contributed by atoms with Gasteiger partial charge in [-0.05, 0) is 34.5 Å². The zero-order chi connectivity index (χ0) is 12.4. The summed E-state index contributed by atoms with van der Waals surface area (Å²) in [7, 11) is 0. The third kappa shape index (κ3) is 3.31. The lowest BCUT2D eigenvalue weighted by Gasteiger charge is -2.12. The zero-order valence-electron chi connectivity index (χ0n) is 9.51. The first-order valence-electron chi connectivity index (χ1n) is 5.32. The number of phenolic OH excluding ortho intramolecular Hbond substituents is 1. The molecule has 5 heteroatoms. The van der Waals surface area contributed by atoms with E-state index in [1.807, 2.05) is 0 Å². The van der Waals surface area contributed by atoms with Gasteiger partial charge < -0.3 is 10.8 Å². The van der Waals surface area contributed by atoms with Crippen molar-refractivity contribution in [1.29, 1.82) is 0 Å². The van der Waals surface area contributed by atoms with Crippen molar-refractivity contribution in [2.75, 3.05) is 0 Å². The van der Waals surface area contributed by atoms with E-state index in [0.717, 1.165) is 10.8 Å². The molecule has 2 aromatic rings. The van der Waals surface area contributed by atoms with Crippen LogP contribution in [0.4, 0.5) is 8.78 Å². The molecule has 0 saturated carbocycles. The van der Waals surface area contributed by atoms with Gasteiger partial charge in [-0.2, -0.15) is 0 Å². The Hall–Kier alpha value is -1.39. The van der Waals surface area contributed by atoms with Crippen molar-refractivity contribution in [3.63, 3.8) is 0 Å². The molecule has 2 rings (SSSR count). The summed E-state index contributed by atoms with van der Waals surface area (Å²) in [6.45, 7) is 0. The first-order valence-corrected chi connectivity index (χ1v) is 5.32. The molecule has 0 bridgehead atoms. The number of nitrogens with two attached hydrogens (primary N) is 1. The molecular weight excluding hydrogens is 260 g/mol. The van der Waals surface area contributed by atoms with Gasteiger partial charge in [0.05, 0.1) is 0 Å². The molecule has 0 aliphatic rings. The summed E-state index contributed by atoms with van der Waals surface area (Å²) in [5, 5.41) is 11.0. The Labute approximate surface area is 110 Å². The monoisotopic (exact) mass is 273 g/mol. The van der Waals surface area contributed by atoms with E-state index in [1.165, 1.54) is 0 Å². The summed E-state index contributed by atoms with van der Waals surface area (Å²) in [4.78, 5) is 0. The van der Waals surface area contributed by atoms with E-state index in [9.17, 15) is 13.9 Å². The SMILES string of the molecule is Cl.N[C@H](CC(F)F)c1ccc2cc(O)ccc2c1. The highest BCUT2D eigenvalue weighted by Gasteiger charge is 2.13. The van der Waals surface area contributed by atoms with Crippen molar-refractivity contribution >= 4 is 23.2 Å². The number of fused-ring (bicyclic) bond motifs is 1. The maximum absolute atomic E-state index is 12.2. The minimum atomic E-state index is -2.40. The third-order valence-corrected chi connectivity index (χ3v) is 2.71. The van der Waals surface area contributed by atoms with Crippen LogP contribution in [0.2, 0.25) is 0 Å². The number of phenols is 1. The Balaban J connectivity index is 0.00000162. The normalized spacial score (nSPS) is 12.4. The first kappa shape index (κ1) is 14.7. The molecule has 0 aliphatic carbocycles. The molecule has 18 heavy (non-hydrogen) atoms. The smallest absolute Gasteiger partial charge is 0.240 e. The molecule has 0 fully saturated rings. The number of aromatic hydroxyl groups is 1. The topological polar surface area (TPSA) is 46.2 Å². The van der Waals surface area contributed by atoms with Gasteiger partial charge in [-0.1, -0.05) is 18.2 Å². The van der Waals surface area contributed by atoms with Crippen molar-refractivity contribution in [2.24, 2.45) is 5.73 Å². The second kappa shape index (κ2) is 5.98. The van der Waals surface area contributed by atoms with E-state index in [1.54, 1.807) is 36.4 Å². The fourth-order valence-corrected chi connectivity index (χ4v) is 1.81. The number of halogens is 3. The average molecular weight is 274 g/mol. The van der Waals surface area contributed by atoms with Crippen LogP contribution in [-0.2, 0) is 0 Å². The van der Waals surface area contributed by atoms with Crippen LogP contribution in [0.15, 0.2) is 36.4 Å². The molecule has 0 unspecified atom stereocenters. The quantitative estimate of drug-likeness (QED) is 0.897. The minimum Gasteiger partial charge on any atom is -0.508 e. The second-order valence-corrected chi connectivity index (χ2v) is 4.02. The van der Waals surface area contributed by atoms with Gasteiger partial charge in [0.15, 0.2) is 0 Å². The van der Waals surface area contributed by atoms with E-state index in [4.69, 9.17) is 5.73 Å². The van der Waals surface area contributed by atoms with Gasteiger partial charge in [0.25, 0.3) is 0 Å². The Bertz CT molecular complexity index is 533. The molecule has 1 atom stereocenters. The highest BCUT2D eigenvalue weighted by atomic mass is 35.5. The lowest BCUT2D eigenvalue weighted by molar-refractivity contribution is 0.128. The molecule has 0 aromatic heterocycles. The molecule has 0 spiro atoms.